The highest BCUT2D eigenvalue weighted by Crippen LogP contribution is 2.55. The van der Waals surface area contributed by atoms with Gasteiger partial charge in [-0.25, -0.2) is 0 Å². The topological polar surface area (TPSA) is 58.2 Å². The third kappa shape index (κ3) is 2.95. The van der Waals surface area contributed by atoms with Gasteiger partial charge in [-0.05, 0) is 62.2 Å². The molecule has 2 N–H and O–H groups in total. The monoisotopic (exact) mass is 292 g/mol. The van der Waals surface area contributed by atoms with Crippen molar-refractivity contribution in [3.8, 4) is 0 Å². The van der Waals surface area contributed by atoms with Crippen LogP contribution in [-0.2, 0) is 9.59 Å². The predicted molar refractivity (Wildman–Crippen MR) is 81.5 cm³/mol. The van der Waals surface area contributed by atoms with Crippen LogP contribution in [0.15, 0.2) is 0 Å². The Balaban J connectivity index is 1.70. The molecule has 0 aromatic rings. The highest BCUT2D eigenvalue weighted by atomic mass is 16.2. The molecule has 21 heavy (non-hydrogen) atoms. The number of amides is 2. The van der Waals surface area contributed by atoms with Gasteiger partial charge >= 0.3 is 0 Å². The molecule has 0 saturated heterocycles. The van der Waals surface area contributed by atoms with Crippen molar-refractivity contribution in [3.05, 3.63) is 0 Å². The summed E-state index contributed by atoms with van der Waals surface area (Å²) in [5, 5.41) is 6.17. The second-order valence-corrected chi connectivity index (χ2v) is 8.11. The zero-order valence-electron chi connectivity index (χ0n) is 13.4. The molecule has 4 saturated carbocycles. The van der Waals surface area contributed by atoms with Crippen molar-refractivity contribution >= 4 is 11.8 Å². The van der Waals surface area contributed by atoms with Gasteiger partial charge in [0.25, 0.3) is 0 Å². The Morgan fingerprint density at radius 1 is 1.00 bits per heavy atom. The fourth-order valence-electron chi connectivity index (χ4n) is 5.36. The van der Waals surface area contributed by atoms with E-state index in [1.807, 2.05) is 13.8 Å². The lowest BCUT2D eigenvalue weighted by atomic mass is 9.53. The van der Waals surface area contributed by atoms with E-state index >= 15 is 0 Å². The van der Waals surface area contributed by atoms with Gasteiger partial charge in [0.1, 0.15) is 6.04 Å². The van der Waals surface area contributed by atoms with Crippen LogP contribution in [0.2, 0.25) is 0 Å². The molecular weight excluding hydrogens is 264 g/mol. The quantitative estimate of drug-likeness (QED) is 0.835. The first-order valence-electron chi connectivity index (χ1n) is 8.46. The highest BCUT2D eigenvalue weighted by Gasteiger charge is 2.51. The third-order valence-electron chi connectivity index (χ3n) is 5.73. The Bertz CT molecular complexity index is 409. The predicted octanol–water partition coefficient (Wildman–Crippen LogP) is 2.23. The van der Waals surface area contributed by atoms with E-state index in [4.69, 9.17) is 0 Å². The molecule has 4 rings (SSSR count). The van der Waals surface area contributed by atoms with Crippen molar-refractivity contribution in [2.24, 2.45) is 23.7 Å². The zero-order valence-corrected chi connectivity index (χ0v) is 13.4. The molecule has 118 valence electrons. The Morgan fingerprint density at radius 3 is 1.86 bits per heavy atom. The molecule has 4 aliphatic rings. The van der Waals surface area contributed by atoms with Crippen molar-refractivity contribution in [1.29, 1.82) is 0 Å². The van der Waals surface area contributed by atoms with Crippen LogP contribution in [0.4, 0.5) is 0 Å². The number of hydrogen-bond donors (Lipinski definition) is 2. The smallest absolute Gasteiger partial charge is 0.243 e. The Hall–Kier alpha value is -1.06. The summed E-state index contributed by atoms with van der Waals surface area (Å²) in [6.07, 6.45) is 7.55. The summed E-state index contributed by atoms with van der Waals surface area (Å²) in [5.74, 6) is 2.44. The molecule has 2 amide bonds. The van der Waals surface area contributed by atoms with Crippen molar-refractivity contribution in [2.45, 2.75) is 70.9 Å². The molecule has 0 radical (unpaired) electrons. The SMILES string of the molecule is CC(=O)NC(C(=O)NC12CC3CC(CC(C3)C1)C2)C(C)C. The van der Waals surface area contributed by atoms with E-state index in [-0.39, 0.29) is 23.3 Å². The highest BCUT2D eigenvalue weighted by molar-refractivity contribution is 5.87. The summed E-state index contributed by atoms with van der Waals surface area (Å²) in [5.41, 5.74) is 0.0252. The van der Waals surface area contributed by atoms with Crippen LogP contribution in [0.25, 0.3) is 0 Å². The van der Waals surface area contributed by atoms with E-state index in [0.717, 1.165) is 37.0 Å². The van der Waals surface area contributed by atoms with E-state index < -0.39 is 6.04 Å². The minimum Gasteiger partial charge on any atom is -0.349 e. The van der Waals surface area contributed by atoms with Crippen LogP contribution in [0, 0.1) is 23.7 Å². The molecule has 4 bridgehead atoms. The van der Waals surface area contributed by atoms with Gasteiger partial charge in [-0.1, -0.05) is 13.8 Å². The Labute approximate surface area is 127 Å². The summed E-state index contributed by atoms with van der Waals surface area (Å²) in [7, 11) is 0. The molecule has 0 aromatic carbocycles. The standard InChI is InChI=1S/C17H28N2O2/c1-10(2)15(18-11(3)20)16(21)19-17-7-12-4-13(8-17)6-14(5-12)9-17/h10,12-15H,4-9H2,1-3H3,(H,18,20)(H,19,21). The lowest BCUT2D eigenvalue weighted by molar-refractivity contribution is -0.133. The van der Waals surface area contributed by atoms with Crippen LogP contribution >= 0.6 is 0 Å². The maximum absolute atomic E-state index is 12.7. The van der Waals surface area contributed by atoms with Gasteiger partial charge < -0.3 is 10.6 Å². The van der Waals surface area contributed by atoms with E-state index in [9.17, 15) is 9.59 Å². The molecule has 0 aliphatic heterocycles. The Morgan fingerprint density at radius 2 is 1.48 bits per heavy atom. The summed E-state index contributed by atoms with van der Waals surface area (Å²) in [4.78, 5) is 24.0. The lowest BCUT2D eigenvalue weighted by Crippen LogP contribution is -2.63. The van der Waals surface area contributed by atoms with Gasteiger partial charge in [-0.3, -0.25) is 9.59 Å². The molecule has 0 spiro atoms. The molecule has 4 heteroatoms. The first-order chi connectivity index (χ1) is 9.87. The second kappa shape index (κ2) is 5.29. The molecular formula is C17H28N2O2. The van der Waals surface area contributed by atoms with Crippen LogP contribution in [0.5, 0.6) is 0 Å². The van der Waals surface area contributed by atoms with Gasteiger partial charge in [0, 0.05) is 12.5 Å². The number of carbonyl (C=O) groups is 2. The van der Waals surface area contributed by atoms with E-state index in [2.05, 4.69) is 10.6 Å². The second-order valence-electron chi connectivity index (χ2n) is 8.11. The first kappa shape index (κ1) is 14.9. The number of nitrogens with one attached hydrogen (secondary N) is 2. The van der Waals surface area contributed by atoms with Crippen molar-refractivity contribution in [1.82, 2.24) is 10.6 Å². The van der Waals surface area contributed by atoms with Gasteiger partial charge in [-0.15, -0.1) is 0 Å². The fraction of sp³-hybridized carbons (Fsp3) is 0.882. The third-order valence-corrected chi connectivity index (χ3v) is 5.73. The van der Waals surface area contributed by atoms with Crippen LogP contribution in [0.1, 0.15) is 59.3 Å². The lowest BCUT2D eigenvalue weighted by Gasteiger charge is -2.57. The molecule has 4 aliphatic carbocycles. The van der Waals surface area contributed by atoms with E-state index in [1.54, 1.807) is 0 Å². The Kier molecular flexibility index (Phi) is 3.74. The molecule has 0 aromatic heterocycles. The maximum atomic E-state index is 12.7. The normalized spacial score (nSPS) is 38.4. The number of rotatable bonds is 4. The number of hydrogen-bond acceptors (Lipinski definition) is 2. The van der Waals surface area contributed by atoms with Gasteiger partial charge in [0.05, 0.1) is 0 Å². The zero-order chi connectivity index (χ0) is 15.2. The van der Waals surface area contributed by atoms with Gasteiger partial charge in [0.15, 0.2) is 0 Å². The van der Waals surface area contributed by atoms with Crippen molar-refractivity contribution in [3.63, 3.8) is 0 Å². The fourth-order valence-corrected chi connectivity index (χ4v) is 5.36. The van der Waals surface area contributed by atoms with Gasteiger partial charge in [0.2, 0.25) is 11.8 Å². The van der Waals surface area contributed by atoms with Gasteiger partial charge in [-0.2, -0.15) is 0 Å². The summed E-state index contributed by atoms with van der Waals surface area (Å²) in [6.45, 7) is 5.45. The summed E-state index contributed by atoms with van der Waals surface area (Å²) >= 11 is 0. The average Bonchev–Trinajstić information content (AvgIpc) is 2.32. The molecule has 4 nitrogen and oxygen atoms in total. The first-order valence-corrected chi connectivity index (χ1v) is 8.46. The molecule has 4 fully saturated rings. The van der Waals surface area contributed by atoms with Crippen LogP contribution < -0.4 is 10.6 Å². The average molecular weight is 292 g/mol. The summed E-state index contributed by atoms with van der Waals surface area (Å²) < 4.78 is 0. The van der Waals surface area contributed by atoms with E-state index in [0.29, 0.717) is 0 Å². The van der Waals surface area contributed by atoms with Crippen LogP contribution in [0.3, 0.4) is 0 Å². The molecule has 1 atom stereocenters. The largest absolute Gasteiger partial charge is 0.349 e. The van der Waals surface area contributed by atoms with E-state index in [1.165, 1.54) is 26.2 Å². The van der Waals surface area contributed by atoms with Crippen molar-refractivity contribution < 1.29 is 9.59 Å². The maximum Gasteiger partial charge on any atom is 0.243 e. The minimum atomic E-state index is -0.407. The molecule has 0 heterocycles. The number of carbonyl (C=O) groups excluding carboxylic acids is 2. The van der Waals surface area contributed by atoms with Crippen LogP contribution in [-0.4, -0.2) is 23.4 Å². The molecule has 1 unspecified atom stereocenters. The van der Waals surface area contributed by atoms with Crippen molar-refractivity contribution in [2.75, 3.05) is 0 Å². The minimum absolute atomic E-state index is 0.0159. The summed E-state index contributed by atoms with van der Waals surface area (Å²) in [6, 6.07) is -0.407.